The molecule has 1 saturated carbocycles. The van der Waals surface area contributed by atoms with E-state index in [0.717, 1.165) is 6.42 Å². The Kier molecular flexibility index (Phi) is 2.15. The Morgan fingerprint density at radius 1 is 1.91 bits per heavy atom. The molecule has 1 fully saturated rings. The zero-order chi connectivity index (χ0) is 8.48. The first-order valence-electron chi connectivity index (χ1n) is 3.59. The van der Waals surface area contributed by atoms with Gasteiger partial charge in [-0.25, -0.2) is 0 Å². The van der Waals surface area contributed by atoms with Gasteiger partial charge in [-0.05, 0) is 6.42 Å². The molecule has 0 aromatic heterocycles. The molecule has 2 atom stereocenters. The van der Waals surface area contributed by atoms with Crippen LogP contribution in [0, 0.1) is 5.92 Å². The Morgan fingerprint density at radius 3 is 2.91 bits per heavy atom. The number of esters is 1. The SMILES string of the molecule is COC(=O)C[C@@]1(N)C[C@H]1CO. The quantitative estimate of drug-likeness (QED) is 0.532. The van der Waals surface area contributed by atoms with Crippen LogP contribution in [0.1, 0.15) is 12.8 Å². The van der Waals surface area contributed by atoms with Crippen LogP contribution in [-0.2, 0) is 9.53 Å². The zero-order valence-electron chi connectivity index (χ0n) is 6.54. The maximum Gasteiger partial charge on any atom is 0.307 e. The van der Waals surface area contributed by atoms with Gasteiger partial charge in [-0.15, -0.1) is 0 Å². The molecular weight excluding hydrogens is 146 g/mol. The third kappa shape index (κ3) is 1.70. The predicted octanol–water partition coefficient (Wildman–Crippen LogP) is -0.741. The van der Waals surface area contributed by atoms with Gasteiger partial charge in [-0.2, -0.15) is 0 Å². The lowest BCUT2D eigenvalue weighted by Gasteiger charge is -2.07. The summed E-state index contributed by atoms with van der Waals surface area (Å²) in [4.78, 5) is 10.7. The van der Waals surface area contributed by atoms with Crippen LogP contribution in [0.25, 0.3) is 0 Å². The van der Waals surface area contributed by atoms with Crippen molar-refractivity contribution in [3.05, 3.63) is 0 Å². The summed E-state index contributed by atoms with van der Waals surface area (Å²) >= 11 is 0. The molecule has 0 amide bonds. The van der Waals surface area contributed by atoms with Crippen molar-refractivity contribution < 1.29 is 14.6 Å². The largest absolute Gasteiger partial charge is 0.469 e. The molecule has 0 spiro atoms. The average Bonchev–Trinajstić information content (AvgIpc) is 2.61. The summed E-state index contributed by atoms with van der Waals surface area (Å²) in [6.45, 7) is 0.0630. The normalized spacial score (nSPS) is 35.0. The van der Waals surface area contributed by atoms with E-state index in [1.54, 1.807) is 0 Å². The molecule has 1 rings (SSSR count). The van der Waals surface area contributed by atoms with Crippen LogP contribution in [-0.4, -0.2) is 30.3 Å². The van der Waals surface area contributed by atoms with Gasteiger partial charge in [0.25, 0.3) is 0 Å². The van der Waals surface area contributed by atoms with Gasteiger partial charge < -0.3 is 15.6 Å². The van der Waals surface area contributed by atoms with Gasteiger partial charge in [0.2, 0.25) is 0 Å². The number of ether oxygens (including phenoxy) is 1. The molecule has 0 bridgehead atoms. The van der Waals surface area contributed by atoms with Crippen molar-refractivity contribution in [3.63, 3.8) is 0 Å². The number of hydrogen-bond donors (Lipinski definition) is 2. The minimum Gasteiger partial charge on any atom is -0.469 e. The number of carbonyl (C=O) groups excluding carboxylic acids is 1. The summed E-state index contributed by atoms with van der Waals surface area (Å²) in [5.74, 6) is -0.218. The lowest BCUT2D eigenvalue weighted by molar-refractivity contribution is -0.141. The van der Waals surface area contributed by atoms with E-state index in [-0.39, 0.29) is 24.9 Å². The van der Waals surface area contributed by atoms with Gasteiger partial charge in [0.05, 0.1) is 13.5 Å². The van der Waals surface area contributed by atoms with E-state index in [0.29, 0.717) is 0 Å². The number of rotatable bonds is 3. The molecule has 1 aliphatic rings. The standard InChI is InChI=1S/C7H13NO3/c1-11-6(10)3-7(8)2-5(7)4-9/h5,9H,2-4,8H2,1H3/t5-,7-/m0/s1. The summed E-state index contributed by atoms with van der Waals surface area (Å²) in [7, 11) is 1.34. The first-order chi connectivity index (χ1) is 5.12. The summed E-state index contributed by atoms with van der Waals surface area (Å²) < 4.78 is 4.46. The maximum absolute atomic E-state index is 10.7. The van der Waals surface area contributed by atoms with Crippen LogP contribution >= 0.6 is 0 Å². The number of aliphatic hydroxyl groups is 1. The summed E-state index contributed by atoms with van der Waals surface area (Å²) in [6.07, 6.45) is 0.938. The van der Waals surface area contributed by atoms with Crippen molar-refractivity contribution in [1.29, 1.82) is 0 Å². The van der Waals surface area contributed by atoms with Crippen LogP contribution in [0.3, 0.4) is 0 Å². The van der Waals surface area contributed by atoms with Gasteiger partial charge in [0.15, 0.2) is 0 Å². The summed E-state index contributed by atoms with van der Waals surface area (Å²) in [5, 5.41) is 8.70. The molecular formula is C7H13NO3. The monoisotopic (exact) mass is 159 g/mol. The molecule has 1 aliphatic carbocycles. The number of hydrogen-bond acceptors (Lipinski definition) is 4. The fraction of sp³-hybridized carbons (Fsp3) is 0.857. The van der Waals surface area contributed by atoms with Crippen molar-refractivity contribution >= 4 is 5.97 Å². The summed E-state index contributed by atoms with van der Waals surface area (Å²) in [6, 6.07) is 0. The molecule has 0 radical (unpaired) electrons. The molecule has 0 unspecified atom stereocenters. The van der Waals surface area contributed by atoms with Gasteiger partial charge in [0.1, 0.15) is 0 Å². The van der Waals surface area contributed by atoms with Crippen molar-refractivity contribution in [3.8, 4) is 0 Å². The smallest absolute Gasteiger partial charge is 0.307 e. The van der Waals surface area contributed by atoms with Crippen LogP contribution in [0.2, 0.25) is 0 Å². The molecule has 0 aromatic carbocycles. The lowest BCUT2D eigenvalue weighted by atomic mass is 10.1. The fourth-order valence-corrected chi connectivity index (χ4v) is 1.20. The fourth-order valence-electron chi connectivity index (χ4n) is 1.20. The highest BCUT2D eigenvalue weighted by atomic mass is 16.5. The van der Waals surface area contributed by atoms with Gasteiger partial charge >= 0.3 is 5.97 Å². The molecule has 0 aliphatic heterocycles. The number of methoxy groups -OCH3 is 1. The second kappa shape index (κ2) is 2.79. The highest BCUT2D eigenvalue weighted by molar-refractivity contribution is 5.71. The molecule has 3 N–H and O–H groups in total. The first-order valence-corrected chi connectivity index (χ1v) is 3.59. The van der Waals surface area contributed by atoms with E-state index < -0.39 is 5.54 Å². The van der Waals surface area contributed by atoms with Crippen molar-refractivity contribution in [2.24, 2.45) is 11.7 Å². The molecule has 64 valence electrons. The second-order valence-corrected chi connectivity index (χ2v) is 3.07. The lowest BCUT2D eigenvalue weighted by Crippen LogP contribution is -2.29. The van der Waals surface area contributed by atoms with E-state index in [1.165, 1.54) is 7.11 Å². The molecule has 0 heterocycles. The highest BCUT2D eigenvalue weighted by Crippen LogP contribution is 2.43. The topological polar surface area (TPSA) is 72.5 Å². The van der Waals surface area contributed by atoms with Crippen molar-refractivity contribution in [2.75, 3.05) is 13.7 Å². The van der Waals surface area contributed by atoms with Crippen LogP contribution < -0.4 is 5.73 Å². The third-order valence-electron chi connectivity index (χ3n) is 2.20. The van der Waals surface area contributed by atoms with Gasteiger partial charge in [-0.3, -0.25) is 4.79 Å². The van der Waals surface area contributed by atoms with E-state index in [9.17, 15) is 4.79 Å². The Balaban J connectivity index is 2.33. The first kappa shape index (κ1) is 8.49. The molecule has 0 aromatic rings. The molecule has 11 heavy (non-hydrogen) atoms. The second-order valence-electron chi connectivity index (χ2n) is 3.07. The van der Waals surface area contributed by atoms with Crippen LogP contribution in [0.5, 0.6) is 0 Å². The minimum absolute atomic E-state index is 0.0630. The minimum atomic E-state index is -0.484. The van der Waals surface area contributed by atoms with Crippen LogP contribution in [0.4, 0.5) is 0 Å². The van der Waals surface area contributed by atoms with Gasteiger partial charge in [-0.1, -0.05) is 0 Å². The Bertz CT molecular complexity index is 171. The Labute approximate surface area is 65.3 Å². The van der Waals surface area contributed by atoms with E-state index in [4.69, 9.17) is 10.8 Å². The number of carbonyl (C=O) groups is 1. The van der Waals surface area contributed by atoms with Crippen molar-refractivity contribution in [1.82, 2.24) is 0 Å². The highest BCUT2D eigenvalue weighted by Gasteiger charge is 2.51. The molecule has 4 nitrogen and oxygen atoms in total. The van der Waals surface area contributed by atoms with Gasteiger partial charge in [0, 0.05) is 18.1 Å². The Morgan fingerprint density at radius 2 is 2.55 bits per heavy atom. The third-order valence-corrected chi connectivity index (χ3v) is 2.20. The predicted molar refractivity (Wildman–Crippen MR) is 38.7 cm³/mol. The molecule has 0 saturated heterocycles. The number of aliphatic hydroxyl groups excluding tert-OH is 1. The van der Waals surface area contributed by atoms with E-state index >= 15 is 0 Å². The average molecular weight is 159 g/mol. The Hall–Kier alpha value is -0.610. The van der Waals surface area contributed by atoms with E-state index in [2.05, 4.69) is 4.74 Å². The summed E-state index contributed by atoms with van der Waals surface area (Å²) in [5.41, 5.74) is 5.23. The van der Waals surface area contributed by atoms with E-state index in [1.807, 2.05) is 0 Å². The maximum atomic E-state index is 10.7. The van der Waals surface area contributed by atoms with Crippen LogP contribution in [0.15, 0.2) is 0 Å². The number of nitrogens with two attached hydrogens (primary N) is 1. The van der Waals surface area contributed by atoms with Crippen molar-refractivity contribution in [2.45, 2.75) is 18.4 Å². The zero-order valence-corrected chi connectivity index (χ0v) is 6.54. The molecule has 4 heteroatoms.